The van der Waals surface area contributed by atoms with Crippen molar-refractivity contribution in [2.24, 2.45) is 0 Å². The van der Waals surface area contributed by atoms with Crippen LogP contribution in [-0.4, -0.2) is 20.6 Å². The van der Waals surface area contributed by atoms with E-state index in [0.717, 1.165) is 16.3 Å². The van der Waals surface area contributed by atoms with Gasteiger partial charge in [-0.25, -0.2) is 13.2 Å². The van der Waals surface area contributed by atoms with Crippen molar-refractivity contribution in [1.82, 2.24) is 0 Å². The fourth-order valence-electron chi connectivity index (χ4n) is 1.86. The predicted molar refractivity (Wildman–Crippen MR) is 87.6 cm³/mol. The zero-order chi connectivity index (χ0) is 16.3. The molecule has 0 radical (unpaired) electrons. The SMILES string of the molecule is Cc1ccc(S(C)(=O)=O)cc1C(=O)OCc1ccc(Br)cc1. The van der Waals surface area contributed by atoms with Gasteiger partial charge in [0.25, 0.3) is 0 Å². The average molecular weight is 383 g/mol. The van der Waals surface area contributed by atoms with Crippen LogP contribution in [0.4, 0.5) is 0 Å². The molecule has 0 N–H and O–H groups in total. The topological polar surface area (TPSA) is 60.4 Å². The van der Waals surface area contributed by atoms with E-state index in [1.54, 1.807) is 13.0 Å². The number of hydrogen-bond donors (Lipinski definition) is 0. The number of hydrogen-bond acceptors (Lipinski definition) is 4. The quantitative estimate of drug-likeness (QED) is 0.758. The molecule has 2 aromatic carbocycles. The third-order valence-electron chi connectivity index (χ3n) is 3.14. The van der Waals surface area contributed by atoms with Crippen molar-refractivity contribution in [3.8, 4) is 0 Å². The van der Waals surface area contributed by atoms with E-state index in [1.165, 1.54) is 12.1 Å². The Labute approximate surface area is 138 Å². The zero-order valence-electron chi connectivity index (χ0n) is 12.2. The molecule has 2 aromatic rings. The molecule has 0 heterocycles. The van der Waals surface area contributed by atoms with Crippen LogP contribution in [0.3, 0.4) is 0 Å². The minimum absolute atomic E-state index is 0.105. The second-order valence-corrected chi connectivity index (χ2v) is 7.88. The molecule has 0 aliphatic carbocycles. The first-order valence-electron chi connectivity index (χ1n) is 6.49. The molecular weight excluding hydrogens is 368 g/mol. The van der Waals surface area contributed by atoms with Gasteiger partial charge >= 0.3 is 5.97 Å². The molecule has 0 amide bonds. The number of ether oxygens (including phenoxy) is 1. The maximum Gasteiger partial charge on any atom is 0.338 e. The molecule has 0 aliphatic heterocycles. The standard InChI is InChI=1S/C16H15BrO4S/c1-11-3-8-14(22(2,19)20)9-15(11)16(18)21-10-12-4-6-13(17)7-5-12/h3-9H,10H2,1-2H3. The lowest BCUT2D eigenvalue weighted by Crippen LogP contribution is -2.09. The number of carbonyl (C=O) groups excluding carboxylic acids is 1. The van der Waals surface area contributed by atoms with Gasteiger partial charge in [0.2, 0.25) is 0 Å². The number of aryl methyl sites for hydroxylation is 1. The molecule has 22 heavy (non-hydrogen) atoms. The van der Waals surface area contributed by atoms with Crippen molar-refractivity contribution in [1.29, 1.82) is 0 Å². The monoisotopic (exact) mass is 382 g/mol. The van der Waals surface area contributed by atoms with Gasteiger partial charge in [-0.2, -0.15) is 0 Å². The molecule has 0 spiro atoms. The maximum atomic E-state index is 12.2. The second-order valence-electron chi connectivity index (χ2n) is 4.95. The zero-order valence-corrected chi connectivity index (χ0v) is 14.6. The highest BCUT2D eigenvalue weighted by Gasteiger charge is 2.15. The van der Waals surface area contributed by atoms with Crippen molar-refractivity contribution >= 4 is 31.7 Å². The molecule has 0 aliphatic rings. The van der Waals surface area contributed by atoms with Crippen molar-refractivity contribution in [2.45, 2.75) is 18.4 Å². The maximum absolute atomic E-state index is 12.2. The van der Waals surface area contributed by atoms with E-state index in [9.17, 15) is 13.2 Å². The summed E-state index contributed by atoms with van der Waals surface area (Å²) in [6, 6.07) is 11.9. The third-order valence-corrected chi connectivity index (χ3v) is 4.78. The van der Waals surface area contributed by atoms with Gasteiger partial charge in [0.05, 0.1) is 10.5 Å². The first kappa shape index (κ1) is 16.7. The van der Waals surface area contributed by atoms with E-state index in [0.29, 0.717) is 5.56 Å². The van der Waals surface area contributed by atoms with Crippen LogP contribution in [0.25, 0.3) is 0 Å². The molecule has 2 rings (SSSR count). The molecule has 0 bridgehead atoms. The van der Waals surface area contributed by atoms with Crippen molar-refractivity contribution in [3.05, 3.63) is 63.6 Å². The van der Waals surface area contributed by atoms with Gasteiger partial charge in [-0.05, 0) is 42.3 Å². The van der Waals surface area contributed by atoms with Gasteiger partial charge in [-0.1, -0.05) is 34.1 Å². The van der Waals surface area contributed by atoms with E-state index >= 15 is 0 Å². The lowest BCUT2D eigenvalue weighted by atomic mass is 10.1. The lowest BCUT2D eigenvalue weighted by Gasteiger charge is -2.09. The summed E-state index contributed by atoms with van der Waals surface area (Å²) < 4.78 is 29.3. The molecule has 0 saturated heterocycles. The summed E-state index contributed by atoms with van der Waals surface area (Å²) in [5, 5.41) is 0. The largest absolute Gasteiger partial charge is 0.457 e. The third kappa shape index (κ3) is 4.18. The average Bonchev–Trinajstić information content (AvgIpc) is 2.45. The normalized spacial score (nSPS) is 11.2. The van der Waals surface area contributed by atoms with E-state index < -0.39 is 15.8 Å². The fraction of sp³-hybridized carbons (Fsp3) is 0.188. The summed E-state index contributed by atoms with van der Waals surface area (Å²) in [6.45, 7) is 1.87. The Morgan fingerprint density at radius 2 is 1.77 bits per heavy atom. The van der Waals surface area contributed by atoms with E-state index in [4.69, 9.17) is 4.74 Å². The van der Waals surface area contributed by atoms with Crippen molar-refractivity contribution in [2.75, 3.05) is 6.26 Å². The molecule has 0 unspecified atom stereocenters. The highest BCUT2D eigenvalue weighted by atomic mass is 79.9. The summed E-state index contributed by atoms with van der Waals surface area (Å²) in [5.74, 6) is -0.536. The molecule has 4 nitrogen and oxygen atoms in total. The molecule has 0 saturated carbocycles. The first-order valence-corrected chi connectivity index (χ1v) is 9.18. The summed E-state index contributed by atoms with van der Waals surface area (Å²) in [4.78, 5) is 12.3. The van der Waals surface area contributed by atoms with Crippen LogP contribution in [0.1, 0.15) is 21.5 Å². The highest BCUT2D eigenvalue weighted by molar-refractivity contribution is 9.10. The number of esters is 1. The Balaban J connectivity index is 2.17. The minimum Gasteiger partial charge on any atom is -0.457 e. The second kappa shape index (κ2) is 6.62. The van der Waals surface area contributed by atoms with Crippen molar-refractivity contribution < 1.29 is 17.9 Å². The van der Waals surface area contributed by atoms with Crippen LogP contribution in [0.15, 0.2) is 51.8 Å². The van der Waals surface area contributed by atoms with Gasteiger partial charge in [-0.15, -0.1) is 0 Å². The summed E-state index contributed by atoms with van der Waals surface area (Å²) in [7, 11) is -3.36. The number of sulfone groups is 1. The van der Waals surface area contributed by atoms with Gasteiger partial charge in [0, 0.05) is 10.7 Å². The Bertz CT molecular complexity index is 795. The minimum atomic E-state index is -3.36. The fourth-order valence-corrected chi connectivity index (χ4v) is 2.77. The van der Waals surface area contributed by atoms with Gasteiger partial charge < -0.3 is 4.74 Å². The van der Waals surface area contributed by atoms with Gasteiger partial charge in [0.15, 0.2) is 9.84 Å². The summed E-state index contributed by atoms with van der Waals surface area (Å²) in [5.41, 5.74) is 1.79. The lowest BCUT2D eigenvalue weighted by molar-refractivity contribution is 0.0471. The van der Waals surface area contributed by atoms with Crippen LogP contribution in [-0.2, 0) is 21.2 Å². The molecule has 6 heteroatoms. The Morgan fingerprint density at radius 1 is 1.14 bits per heavy atom. The van der Waals surface area contributed by atoms with Crippen LogP contribution in [0.5, 0.6) is 0 Å². The Morgan fingerprint density at radius 3 is 2.36 bits per heavy atom. The first-order chi connectivity index (χ1) is 10.3. The number of carbonyl (C=O) groups is 1. The van der Waals surface area contributed by atoms with E-state index in [2.05, 4.69) is 15.9 Å². The van der Waals surface area contributed by atoms with Crippen LogP contribution < -0.4 is 0 Å². The van der Waals surface area contributed by atoms with E-state index in [1.807, 2.05) is 24.3 Å². The number of halogens is 1. The summed E-state index contributed by atoms with van der Waals surface area (Å²) >= 11 is 3.33. The van der Waals surface area contributed by atoms with Gasteiger partial charge in [0.1, 0.15) is 6.61 Å². The summed E-state index contributed by atoms with van der Waals surface area (Å²) in [6.07, 6.45) is 1.11. The Kier molecular flexibility index (Phi) is 5.03. The highest BCUT2D eigenvalue weighted by Crippen LogP contribution is 2.18. The molecule has 0 atom stereocenters. The van der Waals surface area contributed by atoms with Crippen LogP contribution in [0, 0.1) is 6.92 Å². The number of benzene rings is 2. The van der Waals surface area contributed by atoms with Gasteiger partial charge in [-0.3, -0.25) is 0 Å². The van der Waals surface area contributed by atoms with Crippen LogP contribution in [0.2, 0.25) is 0 Å². The Hall–Kier alpha value is -1.66. The molecule has 0 fully saturated rings. The predicted octanol–water partition coefficient (Wildman–Crippen LogP) is 3.52. The number of rotatable bonds is 4. The molecular formula is C16H15BrO4S. The van der Waals surface area contributed by atoms with E-state index in [-0.39, 0.29) is 17.1 Å². The smallest absolute Gasteiger partial charge is 0.338 e. The molecule has 0 aromatic heterocycles. The molecule has 116 valence electrons. The van der Waals surface area contributed by atoms with Crippen LogP contribution >= 0.6 is 15.9 Å². The van der Waals surface area contributed by atoms with Crippen molar-refractivity contribution in [3.63, 3.8) is 0 Å².